The van der Waals surface area contributed by atoms with E-state index in [1.54, 1.807) is 0 Å². The third-order valence-electron chi connectivity index (χ3n) is 1.03. The van der Waals surface area contributed by atoms with Crippen LogP contribution in [0.15, 0.2) is 0 Å². The van der Waals surface area contributed by atoms with Gasteiger partial charge in [0.2, 0.25) is 0 Å². The second kappa shape index (κ2) is 3.18. The molecule has 0 aromatic rings. The summed E-state index contributed by atoms with van der Waals surface area (Å²) >= 11 is 0. The van der Waals surface area contributed by atoms with Gasteiger partial charge in [0.25, 0.3) is 0 Å². The quantitative estimate of drug-likeness (QED) is 0.255. The van der Waals surface area contributed by atoms with Crippen molar-refractivity contribution in [1.29, 1.82) is 0 Å². The van der Waals surface area contributed by atoms with Gasteiger partial charge in [-0.2, -0.15) is 9.78 Å². The zero-order valence-corrected chi connectivity index (χ0v) is 6.66. The molecule has 0 saturated carbocycles. The van der Waals surface area contributed by atoms with Crippen LogP contribution in [-0.4, -0.2) is 24.5 Å². The van der Waals surface area contributed by atoms with Crippen molar-refractivity contribution in [2.45, 2.75) is 19.8 Å². The first-order chi connectivity index (χ1) is 5.52. The summed E-state index contributed by atoms with van der Waals surface area (Å²) in [4.78, 5) is 29.6. The smallest absolute Gasteiger partial charge is 0.339 e. The summed E-state index contributed by atoms with van der Waals surface area (Å²) in [6.07, 6.45) is 0. The average molecular weight is 176 g/mol. The monoisotopic (exact) mass is 176 g/mol. The van der Waals surface area contributed by atoms with Gasteiger partial charge in [-0.3, -0.25) is 4.79 Å². The van der Waals surface area contributed by atoms with E-state index in [0.29, 0.717) is 0 Å². The summed E-state index contributed by atoms with van der Waals surface area (Å²) in [6, 6.07) is 0. The molecular weight excluding hydrogens is 168 g/mol. The van der Waals surface area contributed by atoms with Crippen molar-refractivity contribution in [2.24, 2.45) is 0 Å². The van der Waals surface area contributed by atoms with Crippen molar-refractivity contribution in [2.75, 3.05) is 6.61 Å². The van der Waals surface area contributed by atoms with Crippen molar-refractivity contribution in [3.8, 4) is 0 Å². The zero-order chi connectivity index (χ0) is 9.19. The number of hydrogen-bond acceptors (Lipinski definition) is 6. The molecule has 1 heterocycles. The van der Waals surface area contributed by atoms with E-state index in [4.69, 9.17) is 4.74 Å². The first kappa shape index (κ1) is 9.11. The number of rotatable bonds is 3. The molecule has 0 N–H and O–H groups in total. The molecule has 6 heteroatoms. The first-order valence-corrected chi connectivity index (χ1v) is 3.24. The highest BCUT2D eigenvalue weighted by atomic mass is 17.4. The Morgan fingerprint density at radius 2 is 2.00 bits per heavy atom. The van der Waals surface area contributed by atoms with Gasteiger partial charge < -0.3 is 9.47 Å². The van der Waals surface area contributed by atoms with Crippen LogP contribution in [0.4, 0.5) is 0 Å². The molecule has 0 radical (unpaired) electrons. The Balaban J connectivity index is 2.14. The average Bonchev–Trinajstić information content (AvgIpc) is 2.64. The largest absolute Gasteiger partial charge is 0.392 e. The SMILES string of the molecule is CC(=O)OC(=O)COC1(C)OO1. The van der Waals surface area contributed by atoms with Crippen molar-refractivity contribution >= 4 is 11.9 Å². The maximum atomic E-state index is 10.6. The standard InChI is InChI=1S/C6H8O6/c1-4(7)10-5(8)3-9-6(2)11-12-6/h3H2,1-2H3. The summed E-state index contributed by atoms with van der Waals surface area (Å²) in [7, 11) is 0. The Bertz CT molecular complexity index is 206. The van der Waals surface area contributed by atoms with Crippen LogP contribution in [0.1, 0.15) is 13.8 Å². The molecule has 68 valence electrons. The molecule has 0 aromatic heterocycles. The van der Waals surface area contributed by atoms with Gasteiger partial charge in [-0.05, 0) is 0 Å². The summed E-state index contributed by atoms with van der Waals surface area (Å²) in [5.41, 5.74) is 0. The predicted molar refractivity (Wildman–Crippen MR) is 33.3 cm³/mol. The number of hydrogen-bond donors (Lipinski definition) is 0. The van der Waals surface area contributed by atoms with Crippen LogP contribution in [0.3, 0.4) is 0 Å². The molecule has 1 rings (SSSR count). The topological polar surface area (TPSA) is 77.7 Å². The predicted octanol–water partition coefficient (Wildman–Crippen LogP) is -0.272. The van der Waals surface area contributed by atoms with Gasteiger partial charge in [0.15, 0.2) is 6.61 Å². The lowest BCUT2D eigenvalue weighted by atomic mass is 10.6. The Kier molecular flexibility index (Phi) is 2.41. The van der Waals surface area contributed by atoms with Gasteiger partial charge in [-0.25, -0.2) is 4.79 Å². The van der Waals surface area contributed by atoms with E-state index in [2.05, 4.69) is 14.5 Å². The highest BCUT2D eigenvalue weighted by molar-refractivity contribution is 5.84. The molecule has 0 atom stereocenters. The minimum atomic E-state index is -1.14. The Labute approximate surface area is 68.3 Å². The molecule has 0 unspecified atom stereocenters. The van der Waals surface area contributed by atoms with E-state index in [0.717, 1.165) is 6.92 Å². The molecule has 1 aliphatic rings. The molecule has 0 aliphatic carbocycles. The summed E-state index contributed by atoms with van der Waals surface area (Å²) in [6.45, 7) is 2.23. The Hall–Kier alpha value is -0.980. The third-order valence-corrected chi connectivity index (χ3v) is 1.03. The molecule has 1 fully saturated rings. The molecule has 0 spiro atoms. The molecule has 6 nitrogen and oxygen atoms in total. The van der Waals surface area contributed by atoms with Crippen LogP contribution in [-0.2, 0) is 28.8 Å². The minimum absolute atomic E-state index is 0.379. The number of ether oxygens (including phenoxy) is 2. The third kappa shape index (κ3) is 2.95. The molecule has 0 bridgehead atoms. The molecule has 1 aliphatic heterocycles. The fourth-order valence-electron chi connectivity index (χ4n) is 0.487. The van der Waals surface area contributed by atoms with Crippen LogP contribution < -0.4 is 0 Å². The van der Waals surface area contributed by atoms with E-state index in [-0.39, 0.29) is 6.61 Å². The van der Waals surface area contributed by atoms with Gasteiger partial charge >= 0.3 is 17.9 Å². The fourth-order valence-corrected chi connectivity index (χ4v) is 0.487. The molecule has 12 heavy (non-hydrogen) atoms. The second-order valence-electron chi connectivity index (χ2n) is 2.28. The van der Waals surface area contributed by atoms with Crippen LogP contribution in [0.5, 0.6) is 0 Å². The molecule has 1 saturated heterocycles. The van der Waals surface area contributed by atoms with Gasteiger partial charge in [0.05, 0.1) is 0 Å². The van der Waals surface area contributed by atoms with Crippen molar-refractivity contribution < 1.29 is 28.8 Å². The minimum Gasteiger partial charge on any atom is -0.392 e. The highest BCUT2D eigenvalue weighted by Gasteiger charge is 2.46. The van der Waals surface area contributed by atoms with E-state index in [1.165, 1.54) is 6.92 Å². The van der Waals surface area contributed by atoms with E-state index in [9.17, 15) is 9.59 Å². The maximum Gasteiger partial charge on any atom is 0.339 e. The van der Waals surface area contributed by atoms with Crippen LogP contribution >= 0.6 is 0 Å². The fraction of sp³-hybridized carbons (Fsp3) is 0.667. The van der Waals surface area contributed by atoms with Crippen LogP contribution in [0, 0.1) is 0 Å². The lowest BCUT2D eigenvalue weighted by Crippen LogP contribution is -2.20. The molecular formula is C6H8O6. The maximum absolute atomic E-state index is 10.6. The van der Waals surface area contributed by atoms with Crippen LogP contribution in [0.2, 0.25) is 0 Å². The van der Waals surface area contributed by atoms with E-state index < -0.39 is 17.9 Å². The summed E-state index contributed by atoms with van der Waals surface area (Å²) in [5.74, 6) is -2.59. The first-order valence-electron chi connectivity index (χ1n) is 3.24. The molecule has 0 amide bonds. The Morgan fingerprint density at radius 1 is 1.42 bits per heavy atom. The lowest BCUT2D eigenvalue weighted by Gasteiger charge is -2.01. The van der Waals surface area contributed by atoms with Crippen molar-refractivity contribution in [3.05, 3.63) is 0 Å². The normalized spacial score (nSPS) is 18.5. The van der Waals surface area contributed by atoms with Crippen molar-refractivity contribution in [1.82, 2.24) is 0 Å². The second-order valence-corrected chi connectivity index (χ2v) is 2.28. The summed E-state index contributed by atoms with van der Waals surface area (Å²) < 4.78 is 8.89. The Morgan fingerprint density at radius 3 is 2.42 bits per heavy atom. The van der Waals surface area contributed by atoms with Crippen molar-refractivity contribution in [3.63, 3.8) is 0 Å². The zero-order valence-electron chi connectivity index (χ0n) is 6.66. The number of carbonyl (C=O) groups excluding carboxylic acids is 2. The lowest BCUT2D eigenvalue weighted by molar-refractivity contribution is -0.166. The molecule has 0 aromatic carbocycles. The number of carbonyl (C=O) groups is 2. The highest BCUT2D eigenvalue weighted by Crippen LogP contribution is 2.29. The van der Waals surface area contributed by atoms with Gasteiger partial charge in [0, 0.05) is 13.8 Å². The summed E-state index contributed by atoms with van der Waals surface area (Å²) in [5, 5.41) is 0. The van der Waals surface area contributed by atoms with Gasteiger partial charge in [-0.15, -0.1) is 0 Å². The van der Waals surface area contributed by atoms with E-state index in [1.807, 2.05) is 0 Å². The van der Waals surface area contributed by atoms with E-state index >= 15 is 0 Å². The van der Waals surface area contributed by atoms with Gasteiger partial charge in [0.1, 0.15) is 0 Å². The van der Waals surface area contributed by atoms with Gasteiger partial charge in [-0.1, -0.05) is 0 Å². The number of esters is 2. The van der Waals surface area contributed by atoms with Crippen LogP contribution in [0.25, 0.3) is 0 Å².